The van der Waals surface area contributed by atoms with Gasteiger partial charge in [0, 0.05) is 5.56 Å². The minimum absolute atomic E-state index is 0.939. The summed E-state index contributed by atoms with van der Waals surface area (Å²) < 4.78 is 5.33. The van der Waals surface area contributed by atoms with E-state index in [2.05, 4.69) is 35.9 Å². The van der Waals surface area contributed by atoms with Gasteiger partial charge in [-0.15, -0.1) is 0 Å². The Kier molecular flexibility index (Phi) is 5.06. The summed E-state index contributed by atoms with van der Waals surface area (Å²) in [7, 11) is 1.71. The second-order valence-electron chi connectivity index (χ2n) is 3.22. The number of methoxy groups -OCH3 is 1. The van der Waals surface area contributed by atoms with E-state index in [4.69, 9.17) is 4.74 Å². The molecule has 2 heteroatoms. The third-order valence-electron chi connectivity index (χ3n) is 2.19. The Labute approximate surface area is 102 Å². The maximum absolute atomic E-state index is 5.33. The first-order chi connectivity index (χ1) is 7.81. The molecule has 0 N–H and O–H groups in total. The fourth-order valence-electron chi connectivity index (χ4n) is 1.47. The van der Waals surface area contributed by atoms with Crippen molar-refractivity contribution in [1.29, 1.82) is 0 Å². The van der Waals surface area contributed by atoms with Gasteiger partial charge in [-0.1, -0.05) is 25.5 Å². The molecule has 1 aromatic carbocycles. The zero-order chi connectivity index (χ0) is 12.0. The molecular weight excluding hydrogens is 216 g/mol. The Morgan fingerprint density at radius 2 is 1.88 bits per heavy atom. The van der Waals surface area contributed by atoms with E-state index >= 15 is 0 Å². The minimum Gasteiger partial charge on any atom is -0.496 e. The van der Waals surface area contributed by atoms with E-state index in [9.17, 15) is 0 Å². The van der Waals surface area contributed by atoms with Gasteiger partial charge in [0.25, 0.3) is 0 Å². The van der Waals surface area contributed by atoms with Gasteiger partial charge in [0.2, 0.25) is 0 Å². The molecule has 16 heavy (non-hydrogen) atoms. The van der Waals surface area contributed by atoms with Crippen LogP contribution in [0.4, 0.5) is 0 Å². The maximum atomic E-state index is 5.33. The molecule has 0 amide bonds. The molecular formula is C14H18OS. The number of thiophene rings is 1. The number of rotatable bonds is 2. The summed E-state index contributed by atoms with van der Waals surface area (Å²) in [5.74, 6) is 0.939. The largest absolute Gasteiger partial charge is 0.496 e. The van der Waals surface area contributed by atoms with Crippen molar-refractivity contribution in [3.05, 3.63) is 40.6 Å². The summed E-state index contributed by atoms with van der Waals surface area (Å²) in [4.78, 5) is 0. The lowest BCUT2D eigenvalue weighted by atomic mass is 10.1. The number of hydrogen-bond acceptors (Lipinski definition) is 2. The third-order valence-corrected chi connectivity index (χ3v) is 2.87. The van der Waals surface area contributed by atoms with Crippen molar-refractivity contribution in [2.24, 2.45) is 0 Å². The highest BCUT2D eigenvalue weighted by molar-refractivity contribution is 7.08. The first-order valence-corrected chi connectivity index (χ1v) is 6.43. The Balaban J connectivity index is 0.000000606. The summed E-state index contributed by atoms with van der Waals surface area (Å²) in [6.07, 6.45) is 0. The number of aryl methyl sites for hydroxylation is 1. The van der Waals surface area contributed by atoms with Gasteiger partial charge < -0.3 is 4.74 Å². The van der Waals surface area contributed by atoms with Gasteiger partial charge in [0.15, 0.2) is 0 Å². The van der Waals surface area contributed by atoms with Crippen LogP contribution in [0.2, 0.25) is 0 Å². The number of benzene rings is 1. The Morgan fingerprint density at radius 1 is 1.12 bits per heavy atom. The molecule has 0 bridgehead atoms. The first kappa shape index (κ1) is 12.8. The highest BCUT2D eigenvalue weighted by Crippen LogP contribution is 2.31. The van der Waals surface area contributed by atoms with Gasteiger partial charge in [-0.2, -0.15) is 11.3 Å². The van der Waals surface area contributed by atoms with Gasteiger partial charge >= 0.3 is 0 Å². The molecule has 1 heterocycles. The fraction of sp³-hybridized carbons (Fsp3) is 0.286. The highest BCUT2D eigenvalue weighted by Gasteiger charge is 2.05. The van der Waals surface area contributed by atoms with Gasteiger partial charge in [-0.25, -0.2) is 0 Å². The summed E-state index contributed by atoms with van der Waals surface area (Å²) in [5.41, 5.74) is 3.66. The van der Waals surface area contributed by atoms with Gasteiger partial charge in [-0.3, -0.25) is 0 Å². The molecule has 0 radical (unpaired) electrons. The van der Waals surface area contributed by atoms with E-state index in [1.165, 1.54) is 16.7 Å². The Bertz CT molecular complexity index is 418. The summed E-state index contributed by atoms with van der Waals surface area (Å²) in [6.45, 7) is 6.09. The SMILES string of the molecule is CC.COc1ccc(C)cc1-c1ccsc1. The summed E-state index contributed by atoms with van der Waals surface area (Å²) >= 11 is 1.70. The lowest BCUT2D eigenvalue weighted by Gasteiger charge is -2.07. The maximum Gasteiger partial charge on any atom is 0.126 e. The van der Waals surface area contributed by atoms with Crippen LogP contribution in [-0.2, 0) is 0 Å². The summed E-state index contributed by atoms with van der Waals surface area (Å²) in [5, 5.41) is 4.22. The van der Waals surface area contributed by atoms with Crippen molar-refractivity contribution >= 4 is 11.3 Å². The van der Waals surface area contributed by atoms with E-state index in [1.807, 2.05) is 19.9 Å². The molecule has 0 aliphatic rings. The fourth-order valence-corrected chi connectivity index (χ4v) is 2.12. The van der Waals surface area contributed by atoms with Crippen molar-refractivity contribution in [1.82, 2.24) is 0 Å². The monoisotopic (exact) mass is 234 g/mol. The van der Waals surface area contributed by atoms with E-state index in [0.717, 1.165) is 5.75 Å². The van der Waals surface area contributed by atoms with Crippen LogP contribution in [0.15, 0.2) is 35.0 Å². The molecule has 0 atom stereocenters. The van der Waals surface area contributed by atoms with Crippen molar-refractivity contribution in [2.45, 2.75) is 20.8 Å². The molecule has 0 aliphatic heterocycles. The van der Waals surface area contributed by atoms with E-state index in [0.29, 0.717) is 0 Å². The van der Waals surface area contributed by atoms with Crippen LogP contribution in [0.3, 0.4) is 0 Å². The molecule has 0 spiro atoms. The molecule has 0 unspecified atom stereocenters. The molecule has 2 rings (SSSR count). The van der Waals surface area contributed by atoms with Crippen molar-refractivity contribution in [3.8, 4) is 16.9 Å². The lowest BCUT2D eigenvalue weighted by Crippen LogP contribution is -1.87. The first-order valence-electron chi connectivity index (χ1n) is 5.48. The van der Waals surface area contributed by atoms with Gasteiger partial charge in [0.05, 0.1) is 7.11 Å². The number of ether oxygens (including phenoxy) is 1. The smallest absolute Gasteiger partial charge is 0.126 e. The predicted octanol–water partition coefficient (Wildman–Crippen LogP) is 4.76. The average molecular weight is 234 g/mol. The average Bonchev–Trinajstić information content (AvgIpc) is 2.85. The zero-order valence-corrected chi connectivity index (χ0v) is 11.1. The van der Waals surface area contributed by atoms with E-state index in [-0.39, 0.29) is 0 Å². The lowest BCUT2D eigenvalue weighted by molar-refractivity contribution is 0.416. The molecule has 1 nitrogen and oxygen atoms in total. The van der Waals surface area contributed by atoms with Gasteiger partial charge in [-0.05, 0) is 41.4 Å². The Hall–Kier alpha value is -1.28. The van der Waals surface area contributed by atoms with Crippen LogP contribution < -0.4 is 4.74 Å². The Morgan fingerprint density at radius 3 is 2.44 bits per heavy atom. The highest BCUT2D eigenvalue weighted by atomic mass is 32.1. The van der Waals surface area contributed by atoms with Crippen molar-refractivity contribution < 1.29 is 4.74 Å². The molecule has 0 saturated carbocycles. The zero-order valence-electron chi connectivity index (χ0n) is 10.3. The third kappa shape index (κ3) is 2.86. The molecule has 86 valence electrons. The molecule has 0 fully saturated rings. The standard InChI is InChI=1S/C12H12OS.C2H6/c1-9-3-4-12(13-2)11(7-9)10-5-6-14-8-10;1-2/h3-8H,1-2H3;1-2H3. The van der Waals surface area contributed by atoms with Gasteiger partial charge in [0.1, 0.15) is 5.75 Å². The number of hydrogen-bond donors (Lipinski definition) is 0. The molecule has 0 saturated heterocycles. The quantitative estimate of drug-likeness (QED) is 0.728. The van der Waals surface area contributed by atoms with Crippen LogP contribution >= 0.6 is 11.3 Å². The van der Waals surface area contributed by atoms with Crippen LogP contribution in [0, 0.1) is 6.92 Å². The van der Waals surface area contributed by atoms with Crippen LogP contribution in [0.25, 0.3) is 11.1 Å². The summed E-state index contributed by atoms with van der Waals surface area (Å²) in [6, 6.07) is 8.35. The normalized spacial score (nSPS) is 9.25. The van der Waals surface area contributed by atoms with E-state index < -0.39 is 0 Å². The predicted molar refractivity (Wildman–Crippen MR) is 72.4 cm³/mol. The second-order valence-corrected chi connectivity index (χ2v) is 4.00. The molecule has 1 aromatic heterocycles. The second kappa shape index (κ2) is 6.33. The van der Waals surface area contributed by atoms with Crippen LogP contribution in [-0.4, -0.2) is 7.11 Å². The van der Waals surface area contributed by atoms with Crippen molar-refractivity contribution in [3.63, 3.8) is 0 Å². The van der Waals surface area contributed by atoms with Crippen LogP contribution in [0.1, 0.15) is 19.4 Å². The minimum atomic E-state index is 0.939. The van der Waals surface area contributed by atoms with E-state index in [1.54, 1.807) is 18.4 Å². The van der Waals surface area contributed by atoms with Crippen molar-refractivity contribution in [2.75, 3.05) is 7.11 Å². The molecule has 2 aromatic rings. The molecule has 0 aliphatic carbocycles. The topological polar surface area (TPSA) is 9.23 Å². The van der Waals surface area contributed by atoms with Crippen LogP contribution in [0.5, 0.6) is 5.75 Å².